The van der Waals surface area contributed by atoms with Gasteiger partial charge in [0.05, 0.1) is 0 Å². The van der Waals surface area contributed by atoms with E-state index < -0.39 is 0 Å². The van der Waals surface area contributed by atoms with Crippen LogP contribution in [0.4, 0.5) is 0 Å². The molecule has 0 aliphatic heterocycles. The van der Waals surface area contributed by atoms with Crippen LogP contribution < -0.4 is 11.1 Å². The summed E-state index contributed by atoms with van der Waals surface area (Å²) in [6.45, 7) is 6.71. The van der Waals surface area contributed by atoms with Crippen molar-refractivity contribution in [2.24, 2.45) is 11.1 Å². The predicted octanol–water partition coefficient (Wildman–Crippen LogP) is 1.90. The Balaban J connectivity index is 1.95. The molecule has 0 fully saturated rings. The zero-order valence-electron chi connectivity index (χ0n) is 10.4. The Hall–Kier alpha value is -1.39. The highest BCUT2D eigenvalue weighted by Crippen LogP contribution is 2.15. The third-order valence-electron chi connectivity index (χ3n) is 2.88. The van der Waals surface area contributed by atoms with Crippen LogP contribution in [0.2, 0.25) is 0 Å². The van der Waals surface area contributed by atoms with Crippen molar-refractivity contribution >= 4 is 11.1 Å². The first-order valence-corrected chi connectivity index (χ1v) is 5.84. The molecule has 0 aliphatic carbocycles. The van der Waals surface area contributed by atoms with Gasteiger partial charge in [0, 0.05) is 13.1 Å². The van der Waals surface area contributed by atoms with E-state index in [1.165, 1.54) is 12.0 Å². The summed E-state index contributed by atoms with van der Waals surface area (Å²) in [5.74, 6) is 0. The first-order valence-electron chi connectivity index (χ1n) is 5.84. The average Bonchev–Trinajstić information content (AvgIpc) is 2.76. The number of rotatable bonds is 5. The lowest BCUT2D eigenvalue weighted by Gasteiger charge is -2.22. The third-order valence-corrected chi connectivity index (χ3v) is 2.88. The molecule has 1 aromatic heterocycles. The maximum Gasteiger partial charge on any atom is 0.181 e. The summed E-state index contributed by atoms with van der Waals surface area (Å²) in [4.78, 5) is 4.09. The number of fused-ring (bicyclic) bond motifs is 1. The van der Waals surface area contributed by atoms with Crippen molar-refractivity contribution in [3.63, 3.8) is 0 Å². The molecule has 2 aromatic rings. The second kappa shape index (κ2) is 4.85. The number of nitrogens with two attached hydrogens (primary N) is 1. The fraction of sp³-hybridized carbons (Fsp3) is 0.462. The molecule has 4 heteroatoms. The topological polar surface area (TPSA) is 64.1 Å². The number of hydrogen-bond acceptors (Lipinski definition) is 4. The van der Waals surface area contributed by atoms with Gasteiger partial charge in [0.1, 0.15) is 5.52 Å². The molecule has 17 heavy (non-hydrogen) atoms. The Morgan fingerprint density at radius 1 is 1.41 bits per heavy atom. The van der Waals surface area contributed by atoms with Gasteiger partial charge >= 0.3 is 0 Å². The van der Waals surface area contributed by atoms with Crippen LogP contribution >= 0.6 is 0 Å². The lowest BCUT2D eigenvalue weighted by Crippen LogP contribution is -2.35. The van der Waals surface area contributed by atoms with Crippen molar-refractivity contribution in [2.45, 2.75) is 20.4 Å². The highest BCUT2D eigenvalue weighted by Gasteiger charge is 2.14. The molecule has 0 saturated carbocycles. The van der Waals surface area contributed by atoms with Gasteiger partial charge in [-0.05, 0) is 29.7 Å². The smallest absolute Gasteiger partial charge is 0.181 e. The van der Waals surface area contributed by atoms with Gasteiger partial charge in [-0.15, -0.1) is 0 Å². The van der Waals surface area contributed by atoms with Gasteiger partial charge < -0.3 is 15.5 Å². The van der Waals surface area contributed by atoms with Crippen LogP contribution in [0.5, 0.6) is 0 Å². The molecule has 92 valence electrons. The third kappa shape index (κ3) is 3.05. The number of hydrogen-bond donors (Lipinski definition) is 2. The lowest BCUT2D eigenvalue weighted by molar-refractivity contribution is 0.351. The highest BCUT2D eigenvalue weighted by molar-refractivity contribution is 5.72. The standard InChI is InChI=1S/C13H19N3O/c1-13(2,7-14)8-15-6-10-3-4-11-12(5-10)17-9-16-11/h3-5,9,15H,6-8,14H2,1-2H3. The quantitative estimate of drug-likeness (QED) is 0.828. The zero-order chi connectivity index (χ0) is 12.3. The monoisotopic (exact) mass is 233 g/mol. The van der Waals surface area contributed by atoms with Gasteiger partial charge in [-0.2, -0.15) is 0 Å². The van der Waals surface area contributed by atoms with E-state index in [9.17, 15) is 0 Å². The summed E-state index contributed by atoms with van der Waals surface area (Å²) in [6, 6.07) is 6.06. The molecule has 4 nitrogen and oxygen atoms in total. The van der Waals surface area contributed by atoms with Gasteiger partial charge in [-0.3, -0.25) is 0 Å². The van der Waals surface area contributed by atoms with E-state index in [4.69, 9.17) is 10.2 Å². The van der Waals surface area contributed by atoms with Crippen LogP contribution in [-0.4, -0.2) is 18.1 Å². The summed E-state index contributed by atoms with van der Waals surface area (Å²) in [7, 11) is 0. The Labute approximate surface area is 101 Å². The van der Waals surface area contributed by atoms with E-state index in [1.807, 2.05) is 12.1 Å². The Morgan fingerprint density at radius 2 is 2.24 bits per heavy atom. The average molecular weight is 233 g/mol. The molecule has 0 aliphatic rings. The second-order valence-corrected chi connectivity index (χ2v) is 5.13. The van der Waals surface area contributed by atoms with Crippen molar-refractivity contribution < 1.29 is 4.42 Å². The van der Waals surface area contributed by atoms with E-state index in [-0.39, 0.29) is 5.41 Å². The van der Waals surface area contributed by atoms with Crippen LogP contribution in [0, 0.1) is 5.41 Å². The van der Waals surface area contributed by atoms with E-state index in [0.29, 0.717) is 6.54 Å². The molecule has 0 saturated heterocycles. The Kier molecular flexibility index (Phi) is 3.45. The first kappa shape index (κ1) is 12.1. The van der Waals surface area contributed by atoms with E-state index in [2.05, 4.69) is 30.2 Å². The molecular formula is C13H19N3O. The summed E-state index contributed by atoms with van der Waals surface area (Å²) in [5.41, 5.74) is 8.75. The minimum absolute atomic E-state index is 0.135. The van der Waals surface area contributed by atoms with Gasteiger partial charge in [0.15, 0.2) is 12.0 Å². The van der Waals surface area contributed by atoms with E-state index in [1.54, 1.807) is 0 Å². The molecule has 1 heterocycles. The minimum atomic E-state index is 0.135. The minimum Gasteiger partial charge on any atom is -0.443 e. The van der Waals surface area contributed by atoms with Gasteiger partial charge in [-0.1, -0.05) is 19.9 Å². The molecule has 2 rings (SSSR count). The SMILES string of the molecule is CC(C)(CN)CNCc1ccc2ncoc2c1. The van der Waals surface area contributed by atoms with Crippen molar-refractivity contribution in [2.75, 3.05) is 13.1 Å². The van der Waals surface area contributed by atoms with Crippen molar-refractivity contribution in [1.29, 1.82) is 0 Å². The number of nitrogens with zero attached hydrogens (tertiary/aromatic N) is 1. The number of nitrogens with one attached hydrogen (secondary N) is 1. The lowest BCUT2D eigenvalue weighted by atomic mass is 9.94. The number of aromatic nitrogens is 1. The molecule has 0 radical (unpaired) electrons. The molecule has 0 bridgehead atoms. The van der Waals surface area contributed by atoms with Crippen LogP contribution in [0.3, 0.4) is 0 Å². The van der Waals surface area contributed by atoms with Crippen LogP contribution in [-0.2, 0) is 6.54 Å². The summed E-state index contributed by atoms with van der Waals surface area (Å²) >= 11 is 0. The maximum atomic E-state index is 5.68. The van der Waals surface area contributed by atoms with Crippen molar-refractivity contribution in [3.05, 3.63) is 30.2 Å². The number of oxazole rings is 1. The molecule has 0 spiro atoms. The fourth-order valence-electron chi connectivity index (χ4n) is 1.63. The number of benzene rings is 1. The van der Waals surface area contributed by atoms with Gasteiger partial charge in [0.25, 0.3) is 0 Å². The molecule has 0 atom stereocenters. The van der Waals surface area contributed by atoms with Gasteiger partial charge in [-0.25, -0.2) is 4.98 Å². The largest absolute Gasteiger partial charge is 0.443 e. The maximum absolute atomic E-state index is 5.68. The normalized spacial score (nSPS) is 12.2. The Bertz CT molecular complexity index is 490. The summed E-state index contributed by atoms with van der Waals surface area (Å²) in [5, 5.41) is 3.41. The van der Waals surface area contributed by atoms with Crippen LogP contribution in [0.25, 0.3) is 11.1 Å². The van der Waals surface area contributed by atoms with Gasteiger partial charge in [0.2, 0.25) is 0 Å². The molecule has 3 N–H and O–H groups in total. The molecule has 0 unspecified atom stereocenters. The molecular weight excluding hydrogens is 214 g/mol. The predicted molar refractivity (Wildman–Crippen MR) is 68.6 cm³/mol. The molecule has 1 aromatic carbocycles. The van der Waals surface area contributed by atoms with E-state index in [0.717, 1.165) is 24.2 Å². The molecule has 0 amide bonds. The highest BCUT2D eigenvalue weighted by atomic mass is 16.3. The van der Waals surface area contributed by atoms with E-state index >= 15 is 0 Å². The van der Waals surface area contributed by atoms with Crippen LogP contribution in [0.1, 0.15) is 19.4 Å². The zero-order valence-corrected chi connectivity index (χ0v) is 10.4. The van der Waals surface area contributed by atoms with Crippen molar-refractivity contribution in [3.8, 4) is 0 Å². The second-order valence-electron chi connectivity index (χ2n) is 5.13. The Morgan fingerprint density at radius 3 is 3.00 bits per heavy atom. The summed E-state index contributed by atoms with van der Waals surface area (Å²) in [6.07, 6.45) is 1.47. The first-order chi connectivity index (χ1) is 8.11. The van der Waals surface area contributed by atoms with Crippen LogP contribution in [0.15, 0.2) is 29.0 Å². The summed E-state index contributed by atoms with van der Waals surface area (Å²) < 4.78 is 5.27. The van der Waals surface area contributed by atoms with Crippen molar-refractivity contribution in [1.82, 2.24) is 10.3 Å². The fourth-order valence-corrected chi connectivity index (χ4v) is 1.63.